The summed E-state index contributed by atoms with van der Waals surface area (Å²) in [6.45, 7) is 0. The fourth-order valence-corrected chi connectivity index (χ4v) is 1.42. The van der Waals surface area contributed by atoms with Crippen LogP contribution in [0.5, 0.6) is 0 Å². The Morgan fingerprint density at radius 3 is 2.30 bits per heavy atom. The Bertz CT molecular complexity index is 149. The largest absolute Gasteiger partial charge is 0.333 e. The van der Waals surface area contributed by atoms with E-state index < -0.39 is 7.60 Å². The van der Waals surface area contributed by atoms with Crippen molar-refractivity contribution in [2.75, 3.05) is 20.4 Å². The molecule has 0 aromatic heterocycles. The van der Waals surface area contributed by atoms with Crippen LogP contribution in [0.1, 0.15) is 0 Å². The van der Waals surface area contributed by atoms with Crippen LogP contribution in [0.25, 0.3) is 0 Å². The monoisotopic (exact) mass is 184 g/mol. The van der Waals surface area contributed by atoms with Crippen molar-refractivity contribution in [2.45, 2.75) is 0 Å². The summed E-state index contributed by atoms with van der Waals surface area (Å²) in [5.74, 6) is 0. The summed E-state index contributed by atoms with van der Waals surface area (Å²) in [5, 5.41) is 0. The Labute approximate surface area is 65.5 Å². The zero-order chi connectivity index (χ0) is 8.04. The fourth-order valence-electron chi connectivity index (χ4n) is 0.393. The lowest BCUT2D eigenvalue weighted by atomic mass is 10.8. The highest BCUT2D eigenvalue weighted by Crippen LogP contribution is 2.46. The lowest BCUT2D eigenvalue weighted by Gasteiger charge is -2.09. The second-order valence-corrected chi connectivity index (χ2v) is 4.09. The average molecular weight is 185 g/mol. The maximum atomic E-state index is 11.2. The highest BCUT2D eigenvalue weighted by Gasteiger charge is 2.17. The van der Waals surface area contributed by atoms with Gasteiger partial charge >= 0.3 is 7.60 Å². The van der Waals surface area contributed by atoms with Gasteiger partial charge in [0.05, 0.1) is 6.16 Å². The maximum Gasteiger partial charge on any atom is 0.333 e. The summed E-state index contributed by atoms with van der Waals surface area (Å²) in [4.78, 5) is 0. The average Bonchev–Trinajstić information content (AvgIpc) is 2.00. The third-order valence-corrected chi connectivity index (χ3v) is 2.92. The van der Waals surface area contributed by atoms with Crippen LogP contribution in [-0.2, 0) is 13.6 Å². The smallest absolute Gasteiger partial charge is 0.312 e. The van der Waals surface area contributed by atoms with E-state index in [0.717, 1.165) is 0 Å². The minimum atomic E-state index is -2.87. The molecule has 0 atom stereocenters. The third kappa shape index (κ3) is 3.37. The van der Waals surface area contributed by atoms with Crippen molar-refractivity contribution in [3.63, 3.8) is 0 Å². The molecule has 0 amide bonds. The molecule has 0 aromatic carbocycles. The lowest BCUT2D eigenvalue weighted by Crippen LogP contribution is -1.90. The SMILES string of the molecule is COP(=O)(C/C=C/Cl)OC. The van der Waals surface area contributed by atoms with Gasteiger partial charge in [-0.15, -0.1) is 0 Å². The zero-order valence-electron chi connectivity index (χ0n) is 5.91. The summed E-state index contributed by atoms with van der Waals surface area (Å²) in [7, 11) is -0.190. The van der Waals surface area contributed by atoms with Crippen LogP contribution in [0.15, 0.2) is 11.6 Å². The summed E-state index contributed by atoms with van der Waals surface area (Å²) in [6.07, 6.45) is 1.73. The van der Waals surface area contributed by atoms with E-state index in [2.05, 4.69) is 9.05 Å². The van der Waals surface area contributed by atoms with Gasteiger partial charge < -0.3 is 9.05 Å². The summed E-state index contributed by atoms with van der Waals surface area (Å²) in [5.41, 5.74) is 1.28. The summed E-state index contributed by atoms with van der Waals surface area (Å²) >= 11 is 5.21. The Balaban J connectivity index is 3.94. The number of hydrogen-bond acceptors (Lipinski definition) is 3. The molecule has 0 aliphatic rings. The van der Waals surface area contributed by atoms with Crippen molar-refractivity contribution < 1.29 is 13.6 Å². The molecule has 0 heterocycles. The number of rotatable bonds is 4. The fraction of sp³-hybridized carbons (Fsp3) is 0.600. The van der Waals surface area contributed by atoms with Gasteiger partial charge in [-0.3, -0.25) is 4.57 Å². The number of hydrogen-bond donors (Lipinski definition) is 0. The molecule has 0 unspecified atom stereocenters. The van der Waals surface area contributed by atoms with Crippen molar-refractivity contribution in [2.24, 2.45) is 0 Å². The minimum absolute atomic E-state index is 0.212. The van der Waals surface area contributed by atoms with Crippen molar-refractivity contribution >= 4 is 19.2 Å². The van der Waals surface area contributed by atoms with Crippen LogP contribution in [0.2, 0.25) is 0 Å². The molecule has 60 valence electrons. The molecular formula is C5H10ClO3P. The van der Waals surface area contributed by atoms with Gasteiger partial charge in [0.15, 0.2) is 0 Å². The lowest BCUT2D eigenvalue weighted by molar-refractivity contribution is 0.279. The molecule has 5 heteroatoms. The first-order valence-electron chi connectivity index (χ1n) is 2.64. The molecular weight excluding hydrogens is 174 g/mol. The highest BCUT2D eigenvalue weighted by atomic mass is 35.5. The van der Waals surface area contributed by atoms with Crippen LogP contribution in [0, 0.1) is 0 Å². The molecule has 0 aliphatic heterocycles. The second kappa shape index (κ2) is 4.91. The standard InChI is InChI=1S/C5H10ClO3P/c1-8-10(7,9-2)5-3-4-6/h3-4H,5H2,1-2H3/b4-3+. The van der Waals surface area contributed by atoms with Gasteiger partial charge in [-0.1, -0.05) is 17.7 Å². The Kier molecular flexibility index (Phi) is 5.00. The first-order valence-corrected chi connectivity index (χ1v) is 4.80. The zero-order valence-corrected chi connectivity index (χ0v) is 7.56. The number of allylic oxidation sites excluding steroid dienone is 1. The van der Waals surface area contributed by atoms with Gasteiger partial charge in [0.2, 0.25) is 0 Å². The van der Waals surface area contributed by atoms with Crippen molar-refractivity contribution in [3.8, 4) is 0 Å². The molecule has 0 aromatic rings. The molecule has 0 saturated carbocycles. The Morgan fingerprint density at radius 1 is 1.50 bits per heavy atom. The molecule has 0 N–H and O–H groups in total. The van der Waals surface area contributed by atoms with E-state index in [-0.39, 0.29) is 6.16 Å². The molecule has 10 heavy (non-hydrogen) atoms. The topological polar surface area (TPSA) is 35.5 Å². The van der Waals surface area contributed by atoms with Gasteiger partial charge in [0.1, 0.15) is 0 Å². The van der Waals surface area contributed by atoms with Crippen molar-refractivity contribution in [1.29, 1.82) is 0 Å². The Hall–Kier alpha value is 0.180. The molecule has 0 saturated heterocycles. The second-order valence-electron chi connectivity index (χ2n) is 1.52. The van der Waals surface area contributed by atoms with Crippen LogP contribution in [0.4, 0.5) is 0 Å². The number of halogens is 1. The molecule has 0 radical (unpaired) electrons. The van der Waals surface area contributed by atoms with Gasteiger partial charge in [0, 0.05) is 19.8 Å². The van der Waals surface area contributed by atoms with Crippen LogP contribution >= 0.6 is 19.2 Å². The van der Waals surface area contributed by atoms with Crippen LogP contribution in [-0.4, -0.2) is 20.4 Å². The van der Waals surface area contributed by atoms with Crippen molar-refractivity contribution in [1.82, 2.24) is 0 Å². The van der Waals surface area contributed by atoms with E-state index in [1.807, 2.05) is 0 Å². The summed E-state index contributed by atoms with van der Waals surface area (Å²) in [6, 6.07) is 0. The first-order chi connectivity index (χ1) is 4.68. The minimum Gasteiger partial charge on any atom is -0.312 e. The normalized spacial score (nSPS) is 12.7. The van der Waals surface area contributed by atoms with E-state index in [1.165, 1.54) is 25.8 Å². The van der Waals surface area contributed by atoms with Gasteiger partial charge in [-0.25, -0.2) is 0 Å². The van der Waals surface area contributed by atoms with Gasteiger partial charge in [-0.05, 0) is 0 Å². The van der Waals surface area contributed by atoms with Gasteiger partial charge in [0.25, 0.3) is 0 Å². The quantitative estimate of drug-likeness (QED) is 0.629. The molecule has 0 bridgehead atoms. The first kappa shape index (κ1) is 10.2. The molecule has 0 spiro atoms. The van der Waals surface area contributed by atoms with E-state index in [0.29, 0.717) is 0 Å². The third-order valence-electron chi connectivity index (χ3n) is 0.974. The molecule has 0 aliphatic carbocycles. The van der Waals surface area contributed by atoms with E-state index in [1.54, 1.807) is 0 Å². The van der Waals surface area contributed by atoms with Crippen LogP contribution < -0.4 is 0 Å². The van der Waals surface area contributed by atoms with Crippen LogP contribution in [0.3, 0.4) is 0 Å². The van der Waals surface area contributed by atoms with Gasteiger partial charge in [-0.2, -0.15) is 0 Å². The highest BCUT2D eigenvalue weighted by molar-refractivity contribution is 7.54. The summed E-state index contributed by atoms with van der Waals surface area (Å²) < 4.78 is 20.4. The predicted octanol–water partition coefficient (Wildman–Crippen LogP) is 2.22. The molecule has 3 nitrogen and oxygen atoms in total. The maximum absolute atomic E-state index is 11.2. The van der Waals surface area contributed by atoms with Crippen molar-refractivity contribution in [3.05, 3.63) is 11.6 Å². The Morgan fingerprint density at radius 2 is 2.00 bits per heavy atom. The predicted molar refractivity (Wildman–Crippen MR) is 41.5 cm³/mol. The van der Waals surface area contributed by atoms with E-state index in [9.17, 15) is 4.57 Å². The van der Waals surface area contributed by atoms with E-state index >= 15 is 0 Å². The molecule has 0 fully saturated rings. The van der Waals surface area contributed by atoms with E-state index in [4.69, 9.17) is 11.6 Å². The molecule has 0 rings (SSSR count).